The van der Waals surface area contributed by atoms with Gasteiger partial charge in [0, 0.05) is 10.7 Å². The number of hydrogen-bond acceptors (Lipinski definition) is 4. The van der Waals surface area contributed by atoms with Crippen LogP contribution in [0.3, 0.4) is 0 Å². The molecular weight excluding hydrogens is 491 g/mol. The molecule has 2 aromatic rings. The van der Waals surface area contributed by atoms with Crippen LogP contribution in [0.15, 0.2) is 48.6 Å². The van der Waals surface area contributed by atoms with Crippen molar-refractivity contribution in [3.63, 3.8) is 0 Å². The van der Waals surface area contributed by atoms with Gasteiger partial charge >= 0.3 is 0 Å². The minimum absolute atomic E-state index is 0.0445. The normalized spacial score (nSPS) is 10.8. The number of ether oxygens (including phenoxy) is 2. The Hall–Kier alpha value is -2.50. The number of methoxy groups -OCH3 is 1. The van der Waals surface area contributed by atoms with Gasteiger partial charge in [0.25, 0.3) is 5.91 Å². The lowest BCUT2D eigenvalue weighted by Crippen LogP contribution is -2.14. The number of halogens is 2. The Bertz CT molecular complexity index is 980. The number of nitrogens with zero attached hydrogens (tertiary/aromatic N) is 1. The number of amides is 1. The van der Waals surface area contributed by atoms with Crippen LogP contribution in [0.4, 0.5) is 5.69 Å². The molecule has 2 rings (SSSR count). The molecule has 0 aliphatic heterocycles. The number of aryl methyl sites for hydroxylation is 1. The lowest BCUT2D eigenvalue weighted by molar-refractivity contribution is -0.112. The van der Waals surface area contributed by atoms with E-state index in [2.05, 4.69) is 34.5 Å². The summed E-state index contributed by atoms with van der Waals surface area (Å²) in [4.78, 5) is 12.5. The van der Waals surface area contributed by atoms with Crippen molar-refractivity contribution in [1.82, 2.24) is 0 Å². The highest BCUT2D eigenvalue weighted by atomic mass is 127. The van der Waals surface area contributed by atoms with Gasteiger partial charge in [-0.15, -0.1) is 0 Å². The largest absolute Gasteiger partial charge is 0.493 e. The Balaban J connectivity index is 2.34. The summed E-state index contributed by atoms with van der Waals surface area (Å²) < 4.78 is 11.8. The Labute approximate surface area is 182 Å². The Kier molecular flexibility index (Phi) is 7.91. The summed E-state index contributed by atoms with van der Waals surface area (Å²) in [6.45, 7) is 5.81. The fourth-order valence-corrected chi connectivity index (χ4v) is 3.29. The molecule has 7 heteroatoms. The number of carbonyl (C=O) groups excluding carboxylic acids is 1. The van der Waals surface area contributed by atoms with Crippen LogP contribution in [-0.4, -0.2) is 19.6 Å². The maximum absolute atomic E-state index is 12.5. The Morgan fingerprint density at radius 1 is 1.39 bits per heavy atom. The van der Waals surface area contributed by atoms with E-state index >= 15 is 0 Å². The average molecular weight is 509 g/mol. The molecule has 144 valence electrons. The van der Waals surface area contributed by atoms with Gasteiger partial charge in [-0.25, -0.2) is 0 Å². The van der Waals surface area contributed by atoms with E-state index in [0.717, 1.165) is 9.13 Å². The zero-order chi connectivity index (χ0) is 20.7. The average Bonchev–Trinajstić information content (AvgIpc) is 2.67. The van der Waals surface area contributed by atoms with Gasteiger partial charge in [0.05, 0.1) is 10.7 Å². The van der Waals surface area contributed by atoms with E-state index in [1.807, 2.05) is 13.0 Å². The van der Waals surface area contributed by atoms with E-state index in [-0.39, 0.29) is 5.57 Å². The van der Waals surface area contributed by atoms with Crippen molar-refractivity contribution in [1.29, 1.82) is 5.26 Å². The second-order valence-electron chi connectivity index (χ2n) is 5.72. The van der Waals surface area contributed by atoms with Crippen molar-refractivity contribution in [3.05, 3.63) is 68.3 Å². The predicted molar refractivity (Wildman–Crippen MR) is 120 cm³/mol. The van der Waals surface area contributed by atoms with Gasteiger partial charge in [-0.1, -0.05) is 30.3 Å². The van der Waals surface area contributed by atoms with Gasteiger partial charge in [0.1, 0.15) is 18.2 Å². The summed E-state index contributed by atoms with van der Waals surface area (Å²) in [6, 6.07) is 10.6. The highest BCUT2D eigenvalue weighted by molar-refractivity contribution is 14.1. The van der Waals surface area contributed by atoms with Crippen molar-refractivity contribution in [3.8, 4) is 17.6 Å². The third kappa shape index (κ3) is 5.50. The van der Waals surface area contributed by atoms with Gasteiger partial charge in [0.15, 0.2) is 11.5 Å². The summed E-state index contributed by atoms with van der Waals surface area (Å²) >= 11 is 8.09. The van der Waals surface area contributed by atoms with Crippen molar-refractivity contribution in [2.45, 2.75) is 6.92 Å². The molecule has 0 saturated heterocycles. The van der Waals surface area contributed by atoms with E-state index in [1.165, 1.54) is 13.2 Å². The first-order valence-corrected chi connectivity index (χ1v) is 9.65. The second-order valence-corrected chi connectivity index (χ2v) is 7.32. The summed E-state index contributed by atoms with van der Waals surface area (Å²) in [7, 11) is 1.53. The summed E-state index contributed by atoms with van der Waals surface area (Å²) in [5.74, 6) is 0.565. The lowest BCUT2D eigenvalue weighted by Gasteiger charge is -2.13. The quantitative estimate of drug-likeness (QED) is 0.236. The molecule has 0 spiro atoms. The zero-order valence-electron chi connectivity index (χ0n) is 15.4. The molecule has 0 radical (unpaired) electrons. The SMILES string of the molecule is C=CCOc1c(I)cc(/C=C(\C#N)C(=O)Nc2cc(Cl)ccc2C)cc1OC. The molecule has 2 aromatic carbocycles. The maximum atomic E-state index is 12.5. The predicted octanol–water partition coefficient (Wildman–Crippen LogP) is 5.37. The van der Waals surface area contributed by atoms with Gasteiger partial charge in [-0.05, 0) is 71.0 Å². The first-order chi connectivity index (χ1) is 13.4. The number of nitriles is 1. The molecule has 1 amide bonds. The summed E-state index contributed by atoms with van der Waals surface area (Å²) in [5.41, 5.74) is 1.99. The minimum Gasteiger partial charge on any atom is -0.493 e. The number of rotatable bonds is 7. The lowest BCUT2D eigenvalue weighted by atomic mass is 10.1. The van der Waals surface area contributed by atoms with Crippen molar-refractivity contribution < 1.29 is 14.3 Å². The number of anilines is 1. The molecule has 0 atom stereocenters. The topological polar surface area (TPSA) is 71.3 Å². The molecular formula is C21H18ClIN2O3. The Morgan fingerprint density at radius 3 is 2.79 bits per heavy atom. The first-order valence-electron chi connectivity index (χ1n) is 8.20. The van der Waals surface area contributed by atoms with Gasteiger partial charge < -0.3 is 14.8 Å². The van der Waals surface area contributed by atoms with Crippen LogP contribution < -0.4 is 14.8 Å². The van der Waals surface area contributed by atoms with Gasteiger partial charge in [-0.2, -0.15) is 5.26 Å². The second kappa shape index (κ2) is 10.2. The van der Waals surface area contributed by atoms with Crippen molar-refractivity contribution in [2.24, 2.45) is 0 Å². The molecule has 0 fully saturated rings. The highest BCUT2D eigenvalue weighted by Gasteiger charge is 2.14. The number of hydrogen-bond donors (Lipinski definition) is 1. The minimum atomic E-state index is -0.520. The van der Waals surface area contributed by atoms with Crippen LogP contribution in [0.1, 0.15) is 11.1 Å². The van der Waals surface area contributed by atoms with Crippen LogP contribution in [0.2, 0.25) is 5.02 Å². The fraction of sp³-hybridized carbons (Fsp3) is 0.143. The van der Waals surface area contributed by atoms with Crippen LogP contribution in [-0.2, 0) is 4.79 Å². The summed E-state index contributed by atoms with van der Waals surface area (Å²) in [5, 5.41) is 12.7. The molecule has 5 nitrogen and oxygen atoms in total. The van der Waals surface area contributed by atoms with E-state index in [1.54, 1.807) is 36.4 Å². The zero-order valence-corrected chi connectivity index (χ0v) is 18.3. The van der Waals surface area contributed by atoms with E-state index in [4.69, 9.17) is 21.1 Å². The molecule has 1 N–H and O–H groups in total. The van der Waals surface area contributed by atoms with Crippen LogP contribution in [0.25, 0.3) is 6.08 Å². The number of carbonyl (C=O) groups is 1. The molecule has 28 heavy (non-hydrogen) atoms. The molecule has 0 heterocycles. The van der Waals surface area contributed by atoms with E-state index < -0.39 is 5.91 Å². The third-order valence-electron chi connectivity index (χ3n) is 3.72. The molecule has 0 aliphatic carbocycles. The third-order valence-corrected chi connectivity index (χ3v) is 4.76. The molecule has 0 bridgehead atoms. The number of nitrogens with one attached hydrogen (secondary N) is 1. The van der Waals surface area contributed by atoms with Crippen molar-refractivity contribution >= 4 is 51.9 Å². The first kappa shape index (κ1) is 21.8. The highest BCUT2D eigenvalue weighted by Crippen LogP contribution is 2.34. The van der Waals surface area contributed by atoms with Gasteiger partial charge in [0.2, 0.25) is 0 Å². The van der Waals surface area contributed by atoms with E-state index in [0.29, 0.717) is 34.4 Å². The Morgan fingerprint density at radius 2 is 2.14 bits per heavy atom. The smallest absolute Gasteiger partial charge is 0.266 e. The summed E-state index contributed by atoms with van der Waals surface area (Å²) in [6.07, 6.45) is 3.14. The van der Waals surface area contributed by atoms with Crippen molar-refractivity contribution in [2.75, 3.05) is 19.0 Å². The molecule has 0 aromatic heterocycles. The van der Waals surface area contributed by atoms with Crippen LogP contribution >= 0.6 is 34.2 Å². The standard InChI is InChI=1S/C21H18ClIN2O3/c1-4-7-28-20-17(23)9-14(10-19(20)27-3)8-15(12-24)21(26)25-18-11-16(22)6-5-13(18)2/h4-6,8-11H,1,7H2,2-3H3,(H,25,26)/b15-8+. The number of benzene rings is 2. The van der Waals surface area contributed by atoms with Gasteiger partial charge in [-0.3, -0.25) is 4.79 Å². The van der Waals surface area contributed by atoms with Crippen LogP contribution in [0.5, 0.6) is 11.5 Å². The van der Waals surface area contributed by atoms with E-state index in [9.17, 15) is 10.1 Å². The molecule has 0 saturated carbocycles. The van der Waals surface area contributed by atoms with Crippen LogP contribution in [0, 0.1) is 21.8 Å². The monoisotopic (exact) mass is 508 g/mol. The molecule has 0 aliphatic rings. The maximum Gasteiger partial charge on any atom is 0.266 e. The molecule has 0 unspecified atom stereocenters. The fourth-order valence-electron chi connectivity index (χ4n) is 2.34.